The number of hydrogen-bond donors (Lipinski definition) is 3. The summed E-state index contributed by atoms with van der Waals surface area (Å²) >= 11 is 0. The average Bonchev–Trinajstić information content (AvgIpc) is 2.90. The Morgan fingerprint density at radius 3 is 2.79 bits per heavy atom. The van der Waals surface area contributed by atoms with Crippen LogP contribution in [0.1, 0.15) is 41.0 Å². The fourth-order valence-electron chi connectivity index (χ4n) is 3.99. The van der Waals surface area contributed by atoms with Gasteiger partial charge in [0.05, 0.1) is 5.71 Å². The van der Waals surface area contributed by atoms with Gasteiger partial charge < -0.3 is 10.1 Å². The molecule has 0 amide bonds. The summed E-state index contributed by atoms with van der Waals surface area (Å²) in [5.41, 5.74) is 8.29. The molecule has 2 heterocycles. The van der Waals surface area contributed by atoms with E-state index in [1.54, 1.807) is 0 Å². The van der Waals surface area contributed by atoms with Gasteiger partial charge >= 0.3 is 0 Å². The maximum atomic E-state index is 13.9. The lowest BCUT2D eigenvalue weighted by Gasteiger charge is -2.24. The number of nitrogens with one attached hydrogen (secondary N) is 2. The molecule has 0 radical (unpaired) electrons. The van der Waals surface area contributed by atoms with Gasteiger partial charge in [-0.2, -0.15) is 5.10 Å². The molecule has 3 N–H and O–H groups in total. The van der Waals surface area contributed by atoms with Gasteiger partial charge in [-0.1, -0.05) is 30.3 Å². The van der Waals surface area contributed by atoms with E-state index >= 15 is 0 Å². The first-order valence-corrected chi connectivity index (χ1v) is 8.10. The predicted molar refractivity (Wildman–Crippen MR) is 90.4 cm³/mol. The van der Waals surface area contributed by atoms with Crippen molar-refractivity contribution in [1.29, 1.82) is 0 Å². The Morgan fingerprint density at radius 1 is 1.12 bits per heavy atom. The second-order valence-corrected chi connectivity index (χ2v) is 6.50. The number of hydrogen-bond acceptors (Lipinski definition) is 3. The molecule has 0 saturated heterocycles. The minimum Gasteiger partial charge on any atom is -0.368 e. The topological polar surface area (TPSA) is 60.4 Å². The first-order valence-electron chi connectivity index (χ1n) is 8.10. The van der Waals surface area contributed by atoms with Gasteiger partial charge in [0.2, 0.25) is 0 Å². The van der Waals surface area contributed by atoms with E-state index < -0.39 is 6.23 Å². The summed E-state index contributed by atoms with van der Waals surface area (Å²) in [4.78, 5) is 3.36. The summed E-state index contributed by atoms with van der Waals surface area (Å²) < 4.78 is 13.9. The Morgan fingerprint density at radius 2 is 1.96 bits per heavy atom. The molecule has 5 heteroatoms. The highest BCUT2D eigenvalue weighted by molar-refractivity contribution is 6.14. The lowest BCUT2D eigenvalue weighted by atomic mass is 9.81. The van der Waals surface area contributed by atoms with Gasteiger partial charge in [0.1, 0.15) is 5.82 Å². The Hall–Kier alpha value is -2.66. The van der Waals surface area contributed by atoms with Crippen molar-refractivity contribution in [2.75, 3.05) is 0 Å². The van der Waals surface area contributed by atoms with Crippen LogP contribution in [-0.2, 0) is 6.42 Å². The fraction of sp³-hybridized carbons (Fsp3) is 0.211. The van der Waals surface area contributed by atoms with E-state index in [2.05, 4.69) is 27.6 Å². The SMILES string of the molecule is OC1NN=C2CC(c3ccccc3)Cc3[nH]c4cc(F)cc1c4c32. The van der Waals surface area contributed by atoms with E-state index in [1.807, 2.05) is 18.2 Å². The summed E-state index contributed by atoms with van der Waals surface area (Å²) in [5, 5.41) is 15.6. The van der Waals surface area contributed by atoms with Gasteiger partial charge in [-0.15, -0.1) is 0 Å². The Balaban J connectivity index is 1.73. The largest absolute Gasteiger partial charge is 0.368 e. The molecule has 0 fully saturated rings. The second-order valence-electron chi connectivity index (χ2n) is 6.50. The van der Waals surface area contributed by atoms with E-state index in [0.29, 0.717) is 11.5 Å². The molecule has 2 aromatic carbocycles. The van der Waals surface area contributed by atoms with Gasteiger partial charge in [0, 0.05) is 27.7 Å². The van der Waals surface area contributed by atoms with Crippen molar-refractivity contribution >= 4 is 16.6 Å². The average molecular weight is 321 g/mol. The molecule has 2 aliphatic rings. The zero-order chi connectivity index (χ0) is 16.3. The number of halogens is 1. The first kappa shape index (κ1) is 13.7. The maximum absolute atomic E-state index is 13.9. The van der Waals surface area contributed by atoms with Crippen molar-refractivity contribution in [2.45, 2.75) is 25.0 Å². The molecule has 1 aliphatic heterocycles. The van der Waals surface area contributed by atoms with Gasteiger partial charge in [0.25, 0.3) is 0 Å². The van der Waals surface area contributed by atoms with Crippen molar-refractivity contribution < 1.29 is 9.50 Å². The smallest absolute Gasteiger partial charge is 0.166 e. The standard InChI is InChI=1S/C19H16FN3O/c20-12-8-13-17-15(9-12)21-14-6-11(10-4-2-1-3-5-10)7-16(18(14)17)22-23-19(13)24/h1-5,8-9,11,19,21,23-24H,6-7H2. The predicted octanol–water partition coefficient (Wildman–Crippen LogP) is 3.34. The first-order chi connectivity index (χ1) is 11.7. The van der Waals surface area contributed by atoms with Gasteiger partial charge in [-0.25, -0.2) is 4.39 Å². The molecular formula is C19H16FN3O. The Labute approximate surface area is 138 Å². The molecule has 1 aliphatic carbocycles. The molecule has 24 heavy (non-hydrogen) atoms. The monoisotopic (exact) mass is 321 g/mol. The Kier molecular flexibility index (Phi) is 2.82. The molecule has 2 unspecified atom stereocenters. The fourth-order valence-corrected chi connectivity index (χ4v) is 3.99. The quantitative estimate of drug-likeness (QED) is 0.644. The van der Waals surface area contributed by atoms with Crippen LogP contribution in [0, 0.1) is 5.82 Å². The summed E-state index contributed by atoms with van der Waals surface area (Å²) in [6, 6.07) is 13.2. The lowest BCUT2D eigenvalue weighted by molar-refractivity contribution is 0.142. The molecule has 1 aromatic heterocycles. The number of nitrogens with zero attached hydrogens (tertiary/aromatic N) is 1. The van der Waals surface area contributed by atoms with Crippen LogP contribution in [0.3, 0.4) is 0 Å². The number of aliphatic hydroxyl groups is 1. The van der Waals surface area contributed by atoms with Crippen LogP contribution in [0.5, 0.6) is 0 Å². The third-order valence-corrected chi connectivity index (χ3v) is 5.04. The summed E-state index contributed by atoms with van der Waals surface area (Å²) in [5.74, 6) is -0.0455. The van der Waals surface area contributed by atoms with Crippen molar-refractivity contribution in [1.82, 2.24) is 10.4 Å². The summed E-state index contributed by atoms with van der Waals surface area (Å²) in [6.07, 6.45) is 0.640. The third kappa shape index (κ3) is 1.91. The number of benzene rings is 2. The van der Waals surface area contributed by atoms with Crippen LogP contribution in [-0.4, -0.2) is 15.8 Å². The van der Waals surface area contributed by atoms with Crippen LogP contribution in [0.4, 0.5) is 4.39 Å². The molecule has 0 saturated carbocycles. The van der Waals surface area contributed by atoms with Crippen LogP contribution >= 0.6 is 0 Å². The number of hydrazone groups is 1. The zero-order valence-corrected chi connectivity index (χ0v) is 12.9. The van der Waals surface area contributed by atoms with Crippen molar-refractivity contribution in [3.05, 3.63) is 70.7 Å². The highest BCUT2D eigenvalue weighted by Gasteiger charge is 2.32. The second kappa shape index (κ2) is 4.92. The zero-order valence-electron chi connectivity index (χ0n) is 12.9. The van der Waals surface area contributed by atoms with Crippen LogP contribution in [0.15, 0.2) is 47.6 Å². The molecule has 4 nitrogen and oxygen atoms in total. The van der Waals surface area contributed by atoms with Gasteiger partial charge in [-0.3, -0.25) is 5.43 Å². The number of aliphatic hydroxyl groups excluding tert-OH is 1. The van der Waals surface area contributed by atoms with Crippen molar-refractivity contribution in [2.24, 2.45) is 5.10 Å². The highest BCUT2D eigenvalue weighted by Crippen LogP contribution is 2.40. The highest BCUT2D eigenvalue weighted by atomic mass is 19.1. The molecule has 2 atom stereocenters. The van der Waals surface area contributed by atoms with Crippen LogP contribution in [0.2, 0.25) is 0 Å². The molecule has 5 rings (SSSR count). The minimum atomic E-state index is -1.00. The summed E-state index contributed by atoms with van der Waals surface area (Å²) in [6.45, 7) is 0. The van der Waals surface area contributed by atoms with E-state index in [4.69, 9.17) is 0 Å². The third-order valence-electron chi connectivity index (χ3n) is 5.04. The lowest BCUT2D eigenvalue weighted by Crippen LogP contribution is -2.21. The number of rotatable bonds is 1. The van der Waals surface area contributed by atoms with E-state index in [9.17, 15) is 9.50 Å². The maximum Gasteiger partial charge on any atom is 0.166 e. The normalized spacial score (nSPS) is 22.0. The van der Waals surface area contributed by atoms with E-state index in [-0.39, 0.29) is 5.82 Å². The molecular weight excluding hydrogens is 305 g/mol. The molecule has 0 spiro atoms. The van der Waals surface area contributed by atoms with Crippen molar-refractivity contribution in [3.8, 4) is 0 Å². The number of aromatic amines is 1. The summed E-state index contributed by atoms with van der Waals surface area (Å²) in [7, 11) is 0. The van der Waals surface area contributed by atoms with Crippen molar-refractivity contribution in [3.63, 3.8) is 0 Å². The number of aromatic nitrogens is 1. The molecule has 0 bridgehead atoms. The van der Waals surface area contributed by atoms with E-state index in [0.717, 1.165) is 40.7 Å². The van der Waals surface area contributed by atoms with Gasteiger partial charge in [0.15, 0.2) is 6.23 Å². The number of H-pyrrole nitrogens is 1. The van der Waals surface area contributed by atoms with E-state index in [1.165, 1.54) is 17.7 Å². The molecule has 3 aromatic rings. The Bertz CT molecular complexity index is 977. The molecule has 120 valence electrons. The van der Waals surface area contributed by atoms with Gasteiger partial charge in [-0.05, 0) is 36.5 Å². The van der Waals surface area contributed by atoms with Crippen LogP contribution < -0.4 is 5.43 Å². The van der Waals surface area contributed by atoms with Crippen LogP contribution in [0.25, 0.3) is 10.9 Å². The minimum absolute atomic E-state index is 0.316.